The van der Waals surface area contributed by atoms with Crippen molar-refractivity contribution in [1.82, 2.24) is 5.32 Å². The molecular weight excluding hydrogens is 520 g/mol. The number of hydrogen-bond donors (Lipinski definition) is 1. The molecule has 3 aromatic carbocycles. The second-order valence-electron chi connectivity index (χ2n) is 7.81. The van der Waals surface area contributed by atoms with Gasteiger partial charge >= 0.3 is 6.03 Å². The molecule has 1 N–H and O–H groups in total. The fourth-order valence-electron chi connectivity index (χ4n) is 3.45. The van der Waals surface area contributed by atoms with E-state index in [0.717, 1.165) is 10.5 Å². The van der Waals surface area contributed by atoms with Gasteiger partial charge in [0.15, 0.2) is 0 Å². The van der Waals surface area contributed by atoms with Crippen LogP contribution in [0.1, 0.15) is 22.3 Å². The number of imide groups is 2. The van der Waals surface area contributed by atoms with Crippen LogP contribution in [0.3, 0.4) is 0 Å². The molecular formula is C26H20BrClN2O4. The second kappa shape index (κ2) is 9.83. The van der Waals surface area contributed by atoms with Gasteiger partial charge < -0.3 is 4.74 Å². The number of hydrogen-bond acceptors (Lipinski definition) is 4. The highest BCUT2D eigenvalue weighted by Gasteiger charge is 2.37. The lowest BCUT2D eigenvalue weighted by atomic mass is 10.1. The molecule has 0 bridgehead atoms. The molecule has 1 aliphatic rings. The molecule has 4 rings (SSSR count). The molecule has 0 spiro atoms. The van der Waals surface area contributed by atoms with Crippen molar-refractivity contribution in [2.45, 2.75) is 20.5 Å². The molecule has 0 radical (unpaired) electrons. The van der Waals surface area contributed by atoms with Gasteiger partial charge in [0, 0.05) is 5.02 Å². The summed E-state index contributed by atoms with van der Waals surface area (Å²) in [6, 6.07) is 17.3. The van der Waals surface area contributed by atoms with E-state index in [-0.39, 0.29) is 5.57 Å². The molecule has 4 amide bonds. The summed E-state index contributed by atoms with van der Waals surface area (Å²) in [4.78, 5) is 39.0. The van der Waals surface area contributed by atoms with Crippen LogP contribution in [0, 0.1) is 13.8 Å². The van der Waals surface area contributed by atoms with Crippen molar-refractivity contribution in [3.8, 4) is 5.75 Å². The largest absolute Gasteiger partial charge is 0.488 e. The quantitative estimate of drug-likeness (QED) is 0.320. The summed E-state index contributed by atoms with van der Waals surface area (Å²) in [6.45, 7) is 4.12. The minimum atomic E-state index is -0.821. The predicted octanol–water partition coefficient (Wildman–Crippen LogP) is 5.96. The number of barbiturate groups is 1. The lowest BCUT2D eigenvalue weighted by molar-refractivity contribution is -0.122. The molecule has 6 nitrogen and oxygen atoms in total. The smallest absolute Gasteiger partial charge is 0.335 e. The molecule has 0 aromatic heterocycles. The maximum Gasteiger partial charge on any atom is 0.335 e. The summed E-state index contributed by atoms with van der Waals surface area (Å²) in [6.07, 6.45) is 1.44. The van der Waals surface area contributed by atoms with Crippen molar-refractivity contribution in [1.29, 1.82) is 0 Å². The third-order valence-electron chi connectivity index (χ3n) is 5.36. The summed E-state index contributed by atoms with van der Waals surface area (Å²) in [5.41, 5.74) is 3.50. The van der Waals surface area contributed by atoms with Crippen molar-refractivity contribution in [2.75, 3.05) is 4.90 Å². The molecule has 34 heavy (non-hydrogen) atoms. The van der Waals surface area contributed by atoms with Crippen LogP contribution in [-0.2, 0) is 16.2 Å². The Hall–Kier alpha value is -3.42. The minimum Gasteiger partial charge on any atom is -0.488 e. The van der Waals surface area contributed by atoms with Gasteiger partial charge in [0.25, 0.3) is 11.8 Å². The van der Waals surface area contributed by atoms with Crippen LogP contribution < -0.4 is 15.0 Å². The van der Waals surface area contributed by atoms with Gasteiger partial charge in [0.2, 0.25) is 0 Å². The summed E-state index contributed by atoms with van der Waals surface area (Å²) < 4.78 is 6.55. The normalized spacial score (nSPS) is 15.0. The molecule has 1 heterocycles. The van der Waals surface area contributed by atoms with Crippen LogP contribution >= 0.6 is 27.5 Å². The monoisotopic (exact) mass is 538 g/mol. The second-order valence-corrected chi connectivity index (χ2v) is 9.07. The van der Waals surface area contributed by atoms with E-state index in [1.54, 1.807) is 43.3 Å². The SMILES string of the molecule is Cc1ccc(COc2ccc(/C=C3\C(=O)NC(=O)N(c4cccc(Cl)c4C)C3=O)cc2Br)cc1. The van der Waals surface area contributed by atoms with E-state index >= 15 is 0 Å². The maximum absolute atomic E-state index is 13.1. The zero-order chi connectivity index (χ0) is 24.4. The van der Waals surface area contributed by atoms with E-state index in [1.165, 1.54) is 11.6 Å². The molecule has 1 saturated heterocycles. The Labute approximate surface area is 210 Å². The number of anilines is 1. The van der Waals surface area contributed by atoms with Gasteiger partial charge in [-0.1, -0.05) is 53.6 Å². The van der Waals surface area contributed by atoms with Crippen molar-refractivity contribution in [3.63, 3.8) is 0 Å². The fourth-order valence-corrected chi connectivity index (χ4v) is 4.13. The molecule has 3 aromatic rings. The van der Waals surface area contributed by atoms with Crippen LogP contribution in [0.5, 0.6) is 5.75 Å². The van der Waals surface area contributed by atoms with E-state index in [0.29, 0.717) is 38.7 Å². The van der Waals surface area contributed by atoms with Crippen LogP contribution in [0.2, 0.25) is 5.02 Å². The Morgan fingerprint density at radius 2 is 1.76 bits per heavy atom. The first-order valence-corrected chi connectivity index (χ1v) is 11.6. The zero-order valence-corrected chi connectivity index (χ0v) is 20.7. The highest BCUT2D eigenvalue weighted by molar-refractivity contribution is 9.10. The van der Waals surface area contributed by atoms with E-state index in [4.69, 9.17) is 16.3 Å². The standard InChI is InChI=1S/C26H20BrClN2O4/c1-15-6-8-17(9-7-15)14-34-23-11-10-18(13-20(23)27)12-19-24(31)29-26(33)30(25(19)32)22-5-3-4-21(28)16(22)2/h3-13H,14H2,1-2H3,(H,29,31,33)/b19-12+. The third-order valence-corrected chi connectivity index (χ3v) is 6.39. The predicted molar refractivity (Wildman–Crippen MR) is 135 cm³/mol. The van der Waals surface area contributed by atoms with Crippen molar-refractivity contribution < 1.29 is 19.1 Å². The lowest BCUT2D eigenvalue weighted by Crippen LogP contribution is -2.54. The number of carbonyl (C=O) groups is 3. The van der Waals surface area contributed by atoms with Gasteiger partial charge in [-0.15, -0.1) is 0 Å². The Balaban J connectivity index is 1.58. The van der Waals surface area contributed by atoms with E-state index in [1.807, 2.05) is 31.2 Å². The van der Waals surface area contributed by atoms with E-state index < -0.39 is 17.8 Å². The number of carbonyl (C=O) groups excluding carboxylic acids is 3. The Morgan fingerprint density at radius 3 is 2.47 bits per heavy atom. The van der Waals surface area contributed by atoms with Crippen molar-refractivity contribution in [2.24, 2.45) is 0 Å². The summed E-state index contributed by atoms with van der Waals surface area (Å²) >= 11 is 9.64. The molecule has 8 heteroatoms. The van der Waals surface area contributed by atoms with Gasteiger partial charge in [-0.3, -0.25) is 14.9 Å². The molecule has 1 fully saturated rings. The number of benzene rings is 3. The van der Waals surface area contributed by atoms with Gasteiger partial charge in [-0.25, -0.2) is 9.69 Å². The maximum atomic E-state index is 13.1. The number of amides is 4. The molecule has 0 saturated carbocycles. The first-order chi connectivity index (χ1) is 16.2. The number of aryl methyl sites for hydroxylation is 1. The highest BCUT2D eigenvalue weighted by Crippen LogP contribution is 2.31. The van der Waals surface area contributed by atoms with E-state index in [9.17, 15) is 14.4 Å². The average Bonchev–Trinajstić information content (AvgIpc) is 2.80. The highest BCUT2D eigenvalue weighted by atomic mass is 79.9. The zero-order valence-electron chi connectivity index (χ0n) is 18.4. The van der Waals surface area contributed by atoms with Crippen LogP contribution in [-0.4, -0.2) is 17.8 Å². The van der Waals surface area contributed by atoms with Gasteiger partial charge in [0.05, 0.1) is 10.2 Å². The topological polar surface area (TPSA) is 75.7 Å². The number of ether oxygens (including phenoxy) is 1. The molecule has 0 aliphatic carbocycles. The number of halogens is 2. The van der Waals surface area contributed by atoms with Crippen molar-refractivity contribution >= 4 is 57.1 Å². The number of nitrogens with zero attached hydrogens (tertiary/aromatic N) is 1. The summed E-state index contributed by atoms with van der Waals surface area (Å²) in [5, 5.41) is 2.63. The Bertz CT molecular complexity index is 1340. The third kappa shape index (κ3) is 4.90. The molecule has 0 atom stereocenters. The minimum absolute atomic E-state index is 0.167. The van der Waals surface area contributed by atoms with Gasteiger partial charge in [-0.2, -0.15) is 0 Å². The number of urea groups is 1. The fraction of sp³-hybridized carbons (Fsp3) is 0.115. The van der Waals surface area contributed by atoms with E-state index in [2.05, 4.69) is 21.2 Å². The van der Waals surface area contributed by atoms with Crippen LogP contribution in [0.4, 0.5) is 10.5 Å². The molecule has 172 valence electrons. The number of nitrogens with one attached hydrogen (secondary N) is 1. The first kappa shape index (κ1) is 23.7. The van der Waals surface area contributed by atoms with Gasteiger partial charge in [0.1, 0.15) is 17.9 Å². The Kier molecular flexibility index (Phi) is 6.86. The van der Waals surface area contributed by atoms with Crippen molar-refractivity contribution in [3.05, 3.63) is 98.0 Å². The summed E-state index contributed by atoms with van der Waals surface area (Å²) in [7, 11) is 0. The number of rotatable bonds is 5. The van der Waals surface area contributed by atoms with Crippen LogP contribution in [0.25, 0.3) is 6.08 Å². The molecule has 1 aliphatic heterocycles. The average molecular weight is 540 g/mol. The van der Waals surface area contributed by atoms with Crippen LogP contribution in [0.15, 0.2) is 70.7 Å². The summed E-state index contributed by atoms with van der Waals surface area (Å²) in [5.74, 6) is -0.870. The molecule has 0 unspecified atom stereocenters. The first-order valence-electron chi connectivity index (χ1n) is 10.4. The Morgan fingerprint density at radius 1 is 1.03 bits per heavy atom. The van der Waals surface area contributed by atoms with Gasteiger partial charge in [-0.05, 0) is 76.8 Å². The lowest BCUT2D eigenvalue weighted by Gasteiger charge is -2.27.